The second kappa shape index (κ2) is 5.99. The number of amides is 1. The molecule has 0 aliphatic heterocycles. The van der Waals surface area contributed by atoms with E-state index < -0.39 is 12.0 Å². The van der Waals surface area contributed by atoms with Gasteiger partial charge in [0.2, 0.25) is 0 Å². The minimum atomic E-state index is -0.883. The van der Waals surface area contributed by atoms with Crippen molar-refractivity contribution in [3.05, 3.63) is 25.3 Å². The van der Waals surface area contributed by atoms with Crippen LogP contribution in [0, 0.1) is 5.92 Å². The summed E-state index contributed by atoms with van der Waals surface area (Å²) in [6.45, 7) is 6.80. The summed E-state index contributed by atoms with van der Waals surface area (Å²) in [4.78, 5) is 21.4. The molecule has 4 heteroatoms. The fraction of sp³-hybridized carbons (Fsp3) is 0.333. The highest BCUT2D eigenvalue weighted by Crippen LogP contribution is 2.06. The van der Waals surface area contributed by atoms with E-state index in [2.05, 4.69) is 17.9 Å². The zero-order chi connectivity index (χ0) is 10.3. The van der Waals surface area contributed by atoms with Crippen molar-refractivity contribution in [3.8, 4) is 0 Å². The molecule has 0 heterocycles. The van der Waals surface area contributed by atoms with Gasteiger partial charge in [-0.25, -0.2) is 4.79 Å². The zero-order valence-corrected chi connectivity index (χ0v) is 7.36. The molecule has 0 spiro atoms. The molecule has 0 aliphatic rings. The Morgan fingerprint density at radius 3 is 2.46 bits per heavy atom. The maximum atomic E-state index is 11.1. The predicted octanol–water partition coefficient (Wildman–Crippen LogP) is 1.03. The third-order valence-electron chi connectivity index (χ3n) is 1.48. The van der Waals surface area contributed by atoms with Crippen LogP contribution in [0.5, 0.6) is 0 Å². The Balaban J connectivity index is 4.08. The Morgan fingerprint density at radius 2 is 2.08 bits per heavy atom. The predicted molar refractivity (Wildman–Crippen MR) is 49.0 cm³/mol. The van der Waals surface area contributed by atoms with Crippen LogP contribution >= 0.6 is 0 Å². The van der Waals surface area contributed by atoms with Crippen molar-refractivity contribution in [3.63, 3.8) is 0 Å². The van der Waals surface area contributed by atoms with Crippen LogP contribution in [-0.2, 0) is 9.53 Å². The largest absolute Gasteiger partial charge is 0.449 e. The first-order valence-corrected chi connectivity index (χ1v) is 3.81. The first-order chi connectivity index (χ1) is 6.11. The Bertz CT molecular complexity index is 223. The summed E-state index contributed by atoms with van der Waals surface area (Å²) in [7, 11) is 0. The van der Waals surface area contributed by atoms with Crippen LogP contribution in [0.2, 0.25) is 0 Å². The molecule has 1 amide bonds. The molecule has 0 bridgehead atoms. The molecule has 0 aliphatic carbocycles. The van der Waals surface area contributed by atoms with E-state index in [1.807, 2.05) is 0 Å². The topological polar surface area (TPSA) is 69.4 Å². The lowest BCUT2D eigenvalue weighted by Gasteiger charge is -2.10. The fourth-order valence-electron chi connectivity index (χ4n) is 0.817. The van der Waals surface area contributed by atoms with E-state index in [0.29, 0.717) is 6.42 Å². The van der Waals surface area contributed by atoms with Crippen molar-refractivity contribution in [1.82, 2.24) is 0 Å². The van der Waals surface area contributed by atoms with Crippen LogP contribution in [-0.4, -0.2) is 18.5 Å². The quantitative estimate of drug-likeness (QED) is 0.494. The SMILES string of the molecule is C=CCC(COC(N)=O)C(=O)C=C. The highest BCUT2D eigenvalue weighted by molar-refractivity contribution is 5.91. The number of allylic oxidation sites excluding steroid dienone is 2. The average Bonchev–Trinajstić information content (AvgIpc) is 2.10. The maximum Gasteiger partial charge on any atom is 0.404 e. The van der Waals surface area contributed by atoms with Gasteiger partial charge in [-0.3, -0.25) is 4.79 Å². The van der Waals surface area contributed by atoms with Crippen molar-refractivity contribution in [1.29, 1.82) is 0 Å². The zero-order valence-electron chi connectivity index (χ0n) is 7.36. The number of ketones is 1. The van der Waals surface area contributed by atoms with Gasteiger partial charge < -0.3 is 10.5 Å². The van der Waals surface area contributed by atoms with E-state index in [0.717, 1.165) is 0 Å². The second-order valence-corrected chi connectivity index (χ2v) is 2.46. The summed E-state index contributed by atoms with van der Waals surface area (Å²) in [6.07, 6.45) is 2.33. The molecule has 0 rings (SSSR count). The Morgan fingerprint density at radius 1 is 1.46 bits per heavy atom. The summed E-state index contributed by atoms with van der Waals surface area (Å²) in [6, 6.07) is 0. The van der Waals surface area contributed by atoms with Gasteiger partial charge in [0.1, 0.15) is 6.61 Å². The molecule has 1 atom stereocenters. The van der Waals surface area contributed by atoms with E-state index in [-0.39, 0.29) is 12.4 Å². The van der Waals surface area contributed by atoms with Crippen LogP contribution in [0.3, 0.4) is 0 Å². The van der Waals surface area contributed by atoms with Crippen LogP contribution in [0.25, 0.3) is 0 Å². The van der Waals surface area contributed by atoms with E-state index in [4.69, 9.17) is 5.73 Å². The molecule has 0 saturated heterocycles. The van der Waals surface area contributed by atoms with E-state index >= 15 is 0 Å². The summed E-state index contributed by atoms with van der Waals surface area (Å²) >= 11 is 0. The first-order valence-electron chi connectivity index (χ1n) is 3.81. The second-order valence-electron chi connectivity index (χ2n) is 2.46. The van der Waals surface area contributed by atoms with Gasteiger partial charge in [0.05, 0.1) is 5.92 Å². The Kier molecular flexibility index (Phi) is 5.27. The highest BCUT2D eigenvalue weighted by atomic mass is 16.5. The van der Waals surface area contributed by atoms with E-state index in [1.54, 1.807) is 6.08 Å². The van der Waals surface area contributed by atoms with Gasteiger partial charge in [-0.1, -0.05) is 12.7 Å². The molecule has 0 aromatic carbocycles. The van der Waals surface area contributed by atoms with Gasteiger partial charge in [-0.15, -0.1) is 6.58 Å². The molecule has 4 nitrogen and oxygen atoms in total. The normalized spacial score (nSPS) is 11.4. The highest BCUT2D eigenvalue weighted by Gasteiger charge is 2.15. The first kappa shape index (κ1) is 11.4. The number of primary amides is 1. The summed E-state index contributed by atoms with van der Waals surface area (Å²) < 4.78 is 4.50. The van der Waals surface area contributed by atoms with Gasteiger partial charge in [0, 0.05) is 0 Å². The minimum Gasteiger partial charge on any atom is -0.449 e. The molecular formula is C9H13NO3. The molecule has 0 aromatic rings. The molecule has 0 radical (unpaired) electrons. The molecule has 1 unspecified atom stereocenters. The molecule has 72 valence electrons. The van der Waals surface area contributed by atoms with E-state index in [9.17, 15) is 9.59 Å². The number of nitrogens with two attached hydrogens (primary N) is 1. The van der Waals surface area contributed by atoms with Gasteiger partial charge in [0.15, 0.2) is 5.78 Å². The monoisotopic (exact) mass is 183 g/mol. The third kappa shape index (κ3) is 4.79. The van der Waals surface area contributed by atoms with Crippen LogP contribution in [0.4, 0.5) is 4.79 Å². The van der Waals surface area contributed by atoms with Crippen molar-refractivity contribution in [2.75, 3.05) is 6.61 Å². The lowest BCUT2D eigenvalue weighted by Crippen LogP contribution is -2.23. The number of ether oxygens (including phenoxy) is 1. The number of rotatable bonds is 6. The molecular weight excluding hydrogens is 170 g/mol. The van der Waals surface area contributed by atoms with Gasteiger partial charge in [0.25, 0.3) is 0 Å². The number of hydrogen-bond donors (Lipinski definition) is 1. The summed E-state index contributed by atoms with van der Waals surface area (Å²) in [5.74, 6) is -0.594. The fourth-order valence-corrected chi connectivity index (χ4v) is 0.817. The van der Waals surface area contributed by atoms with Crippen molar-refractivity contribution in [2.45, 2.75) is 6.42 Å². The van der Waals surface area contributed by atoms with Crippen LogP contribution in [0.15, 0.2) is 25.3 Å². The summed E-state index contributed by atoms with van der Waals surface area (Å²) in [5, 5.41) is 0. The van der Waals surface area contributed by atoms with Gasteiger partial charge >= 0.3 is 6.09 Å². The van der Waals surface area contributed by atoms with Crippen molar-refractivity contribution < 1.29 is 14.3 Å². The minimum absolute atomic E-state index is 0.0216. The number of carbonyl (C=O) groups excluding carboxylic acids is 2. The van der Waals surface area contributed by atoms with Crippen LogP contribution in [0.1, 0.15) is 6.42 Å². The number of hydrogen-bond acceptors (Lipinski definition) is 3. The molecule has 2 N–H and O–H groups in total. The Labute approximate surface area is 77.1 Å². The number of carbonyl (C=O) groups is 2. The third-order valence-corrected chi connectivity index (χ3v) is 1.48. The lowest BCUT2D eigenvalue weighted by molar-refractivity contribution is -0.119. The summed E-state index contributed by atoms with van der Waals surface area (Å²) in [5.41, 5.74) is 4.75. The smallest absolute Gasteiger partial charge is 0.404 e. The molecule has 0 fully saturated rings. The lowest BCUT2D eigenvalue weighted by atomic mass is 10.0. The average molecular weight is 183 g/mol. The van der Waals surface area contributed by atoms with Gasteiger partial charge in [-0.05, 0) is 12.5 Å². The molecule has 13 heavy (non-hydrogen) atoms. The van der Waals surface area contributed by atoms with Crippen LogP contribution < -0.4 is 5.73 Å². The van der Waals surface area contributed by atoms with Crippen molar-refractivity contribution >= 4 is 11.9 Å². The Hall–Kier alpha value is -1.58. The molecule has 0 saturated carbocycles. The molecule has 0 aromatic heterocycles. The maximum absolute atomic E-state index is 11.1. The van der Waals surface area contributed by atoms with E-state index in [1.165, 1.54) is 6.08 Å². The van der Waals surface area contributed by atoms with Gasteiger partial charge in [-0.2, -0.15) is 0 Å². The standard InChI is InChI=1S/C9H13NO3/c1-3-5-7(8(11)4-2)6-13-9(10)12/h3-4,7H,1-2,5-6H2,(H2,10,12). The van der Waals surface area contributed by atoms with Crippen molar-refractivity contribution in [2.24, 2.45) is 11.7 Å².